The van der Waals surface area contributed by atoms with Crippen molar-refractivity contribution in [2.24, 2.45) is 5.10 Å². The summed E-state index contributed by atoms with van der Waals surface area (Å²) >= 11 is 10.6. The molecular formula is C18H13BrClN3O3S. The van der Waals surface area contributed by atoms with Gasteiger partial charge in [-0.1, -0.05) is 57.1 Å². The molecule has 6 nitrogen and oxygen atoms in total. The number of carbonyl (C=O) groups excluding carboxylic acids is 1. The molecule has 0 bridgehead atoms. The number of nitrogens with one attached hydrogen (secondary N) is 1. The number of phenols is 1. The summed E-state index contributed by atoms with van der Waals surface area (Å²) in [5, 5.41) is 13.5. The third-order valence-corrected chi connectivity index (χ3v) is 5.53. The van der Waals surface area contributed by atoms with Crippen LogP contribution in [-0.2, 0) is 6.54 Å². The first-order valence-corrected chi connectivity index (χ1v) is 9.69. The van der Waals surface area contributed by atoms with E-state index in [1.165, 1.54) is 22.9 Å². The monoisotopic (exact) mass is 465 g/mol. The zero-order chi connectivity index (χ0) is 19.4. The molecule has 0 fully saturated rings. The lowest BCUT2D eigenvalue weighted by atomic mass is 10.2. The van der Waals surface area contributed by atoms with Crippen LogP contribution in [0.25, 0.3) is 0 Å². The van der Waals surface area contributed by atoms with Crippen molar-refractivity contribution in [3.8, 4) is 5.75 Å². The van der Waals surface area contributed by atoms with Gasteiger partial charge in [0.15, 0.2) is 0 Å². The minimum atomic E-state index is -0.486. The van der Waals surface area contributed by atoms with E-state index in [0.29, 0.717) is 11.4 Å². The van der Waals surface area contributed by atoms with Crippen molar-refractivity contribution >= 4 is 51.0 Å². The largest absolute Gasteiger partial charge is 0.508 e. The van der Waals surface area contributed by atoms with Crippen molar-refractivity contribution in [3.63, 3.8) is 0 Å². The lowest BCUT2D eigenvalue weighted by Gasteiger charge is -2.04. The molecule has 138 valence electrons. The molecule has 0 saturated carbocycles. The van der Waals surface area contributed by atoms with Crippen LogP contribution < -0.4 is 10.3 Å². The number of phenolic OH excluding ortho intramolecular Hbond substituents is 1. The SMILES string of the molecule is O=C(N/N=C\c1sc(=O)n(Cc2ccc(Br)cc2)c1Cl)c1cccc(O)c1. The fourth-order valence-electron chi connectivity index (χ4n) is 2.25. The molecule has 1 aromatic heterocycles. The molecule has 9 heteroatoms. The van der Waals surface area contributed by atoms with Crippen molar-refractivity contribution in [1.82, 2.24) is 9.99 Å². The van der Waals surface area contributed by atoms with Gasteiger partial charge in [0.1, 0.15) is 10.9 Å². The molecule has 2 N–H and O–H groups in total. The Morgan fingerprint density at radius 2 is 2.04 bits per heavy atom. The molecule has 0 atom stereocenters. The number of aromatic hydroxyl groups is 1. The van der Waals surface area contributed by atoms with E-state index in [2.05, 4.69) is 26.5 Å². The molecule has 27 heavy (non-hydrogen) atoms. The van der Waals surface area contributed by atoms with Crippen LogP contribution in [0.2, 0.25) is 5.15 Å². The van der Waals surface area contributed by atoms with Crippen LogP contribution in [0.15, 0.2) is 62.9 Å². The van der Waals surface area contributed by atoms with E-state index in [-0.39, 0.29) is 21.3 Å². The number of thiazole rings is 1. The van der Waals surface area contributed by atoms with E-state index in [4.69, 9.17) is 11.6 Å². The van der Waals surface area contributed by atoms with Crippen molar-refractivity contribution < 1.29 is 9.90 Å². The average Bonchev–Trinajstić information content (AvgIpc) is 2.91. The molecule has 3 aromatic rings. The first-order chi connectivity index (χ1) is 12.9. The predicted molar refractivity (Wildman–Crippen MR) is 110 cm³/mol. The van der Waals surface area contributed by atoms with Crippen LogP contribution in [0.1, 0.15) is 20.8 Å². The van der Waals surface area contributed by atoms with Crippen molar-refractivity contribution in [2.45, 2.75) is 6.54 Å². The van der Waals surface area contributed by atoms with E-state index < -0.39 is 5.91 Å². The molecular weight excluding hydrogens is 454 g/mol. The summed E-state index contributed by atoms with van der Waals surface area (Å²) in [5.74, 6) is -0.502. The zero-order valence-electron chi connectivity index (χ0n) is 13.7. The molecule has 3 rings (SSSR count). The van der Waals surface area contributed by atoms with Crippen molar-refractivity contribution in [1.29, 1.82) is 0 Å². The van der Waals surface area contributed by atoms with Gasteiger partial charge >= 0.3 is 4.87 Å². The smallest absolute Gasteiger partial charge is 0.309 e. The lowest BCUT2D eigenvalue weighted by molar-refractivity contribution is 0.0954. The molecule has 2 aromatic carbocycles. The fraction of sp³-hybridized carbons (Fsp3) is 0.0556. The van der Waals surface area contributed by atoms with Crippen LogP contribution in [-0.4, -0.2) is 21.8 Å². The van der Waals surface area contributed by atoms with Gasteiger partial charge in [-0.05, 0) is 35.9 Å². The molecule has 0 spiro atoms. The third kappa shape index (κ3) is 4.85. The quantitative estimate of drug-likeness (QED) is 0.443. The topological polar surface area (TPSA) is 83.7 Å². The summed E-state index contributed by atoms with van der Waals surface area (Å²) in [4.78, 5) is 24.4. The second-order valence-corrected chi connectivity index (χ2v) is 7.75. The Kier molecular flexibility index (Phi) is 6.10. The van der Waals surface area contributed by atoms with E-state index >= 15 is 0 Å². The maximum absolute atomic E-state index is 12.2. The molecule has 0 aliphatic heterocycles. The van der Waals surface area contributed by atoms with Gasteiger partial charge in [0, 0.05) is 10.0 Å². The van der Waals surface area contributed by atoms with Gasteiger partial charge in [0.25, 0.3) is 5.91 Å². The number of halogens is 2. The average molecular weight is 467 g/mol. The second-order valence-electron chi connectivity index (χ2n) is 5.49. The van der Waals surface area contributed by atoms with Gasteiger partial charge in [-0.15, -0.1) is 0 Å². The standard InChI is InChI=1S/C18H13BrClN3O3S/c19-13-6-4-11(5-7-13)10-23-16(20)15(27-18(23)26)9-21-22-17(25)12-2-1-3-14(24)8-12/h1-9,24H,10H2,(H,22,25)/b21-9-. The Hall–Kier alpha value is -2.42. The Morgan fingerprint density at radius 1 is 1.30 bits per heavy atom. The predicted octanol–water partition coefficient (Wildman–Crippen LogP) is 3.84. The molecule has 0 aliphatic rings. The zero-order valence-corrected chi connectivity index (χ0v) is 16.9. The number of hydrogen-bond donors (Lipinski definition) is 2. The highest BCUT2D eigenvalue weighted by Crippen LogP contribution is 2.19. The summed E-state index contributed by atoms with van der Waals surface area (Å²) in [5.41, 5.74) is 3.53. The highest BCUT2D eigenvalue weighted by Gasteiger charge is 2.12. The number of hydrazone groups is 1. The Labute approximate surface area is 171 Å². The van der Waals surface area contributed by atoms with E-state index in [1.807, 2.05) is 24.3 Å². The maximum atomic E-state index is 12.2. The first kappa shape index (κ1) is 19.3. The van der Waals surface area contributed by atoms with Gasteiger partial charge in [-0.2, -0.15) is 5.10 Å². The number of aromatic nitrogens is 1. The maximum Gasteiger partial charge on any atom is 0.309 e. The van der Waals surface area contributed by atoms with Crippen LogP contribution in [0.5, 0.6) is 5.75 Å². The lowest BCUT2D eigenvalue weighted by Crippen LogP contribution is -2.17. The van der Waals surface area contributed by atoms with Gasteiger partial charge in [0.2, 0.25) is 0 Å². The van der Waals surface area contributed by atoms with E-state index in [0.717, 1.165) is 21.4 Å². The minimum Gasteiger partial charge on any atom is -0.508 e. The van der Waals surface area contributed by atoms with Gasteiger partial charge in [-0.3, -0.25) is 14.2 Å². The fourth-order valence-corrected chi connectivity index (χ4v) is 3.62. The molecule has 1 amide bonds. The van der Waals surface area contributed by atoms with Gasteiger partial charge < -0.3 is 5.11 Å². The highest BCUT2D eigenvalue weighted by atomic mass is 79.9. The van der Waals surface area contributed by atoms with Crippen LogP contribution in [0, 0.1) is 0 Å². The third-order valence-electron chi connectivity index (χ3n) is 3.57. The number of nitrogens with zero attached hydrogens (tertiary/aromatic N) is 2. The van der Waals surface area contributed by atoms with Crippen molar-refractivity contribution in [3.05, 3.63) is 83.8 Å². The normalized spacial score (nSPS) is 11.0. The second kappa shape index (κ2) is 8.51. The number of rotatable bonds is 5. The first-order valence-electron chi connectivity index (χ1n) is 7.70. The number of hydrogen-bond acceptors (Lipinski definition) is 5. The molecule has 1 heterocycles. The summed E-state index contributed by atoms with van der Waals surface area (Å²) < 4.78 is 2.39. The van der Waals surface area contributed by atoms with Gasteiger partial charge in [-0.25, -0.2) is 5.43 Å². The summed E-state index contributed by atoms with van der Waals surface area (Å²) in [6, 6.07) is 13.5. The number of benzene rings is 2. The van der Waals surface area contributed by atoms with Crippen LogP contribution in [0.3, 0.4) is 0 Å². The minimum absolute atomic E-state index is 0.0158. The van der Waals surface area contributed by atoms with Gasteiger partial charge in [0.05, 0.1) is 17.6 Å². The van der Waals surface area contributed by atoms with Crippen LogP contribution >= 0.6 is 38.9 Å². The number of amides is 1. The Morgan fingerprint density at radius 3 is 2.74 bits per heavy atom. The van der Waals surface area contributed by atoms with Crippen LogP contribution in [0.4, 0.5) is 0 Å². The Bertz CT molecular complexity index is 1060. The summed E-state index contributed by atoms with van der Waals surface area (Å²) in [6.45, 7) is 0.338. The molecule has 0 saturated heterocycles. The molecule has 0 unspecified atom stereocenters. The summed E-state index contributed by atoms with van der Waals surface area (Å²) in [6.07, 6.45) is 1.33. The van der Waals surface area contributed by atoms with E-state index in [1.54, 1.807) is 12.1 Å². The molecule has 0 radical (unpaired) electrons. The highest BCUT2D eigenvalue weighted by molar-refractivity contribution is 9.10. The Balaban J connectivity index is 1.72. The van der Waals surface area contributed by atoms with Crippen molar-refractivity contribution in [2.75, 3.05) is 0 Å². The number of carbonyl (C=O) groups is 1. The molecule has 0 aliphatic carbocycles. The summed E-state index contributed by atoms with van der Waals surface area (Å²) in [7, 11) is 0. The van der Waals surface area contributed by atoms with E-state index in [9.17, 15) is 14.7 Å².